The second-order valence-electron chi connectivity index (χ2n) is 10.8. The van der Waals surface area contributed by atoms with Gasteiger partial charge in [0.1, 0.15) is 17.7 Å². The largest absolute Gasteiger partial charge is 0.444 e. The molecule has 0 radical (unpaired) electrons. The van der Waals surface area contributed by atoms with Crippen molar-refractivity contribution in [2.45, 2.75) is 111 Å². The molecule has 0 bridgehead atoms. The van der Waals surface area contributed by atoms with E-state index in [1.807, 2.05) is 39.0 Å². The zero-order valence-electron chi connectivity index (χ0n) is 24.3. The topological polar surface area (TPSA) is 131 Å². The fraction of sp³-hybridized carbons (Fsp3) is 0.655. The lowest BCUT2D eigenvalue weighted by molar-refractivity contribution is -0.142. The van der Waals surface area contributed by atoms with Crippen molar-refractivity contribution < 1.29 is 23.9 Å². The minimum absolute atomic E-state index is 0.00522. The fourth-order valence-corrected chi connectivity index (χ4v) is 4.16. The number of benzene rings is 1. The molecule has 0 spiro atoms. The Balaban J connectivity index is 3.52. The quantitative estimate of drug-likeness (QED) is 0.288. The summed E-state index contributed by atoms with van der Waals surface area (Å²) in [7, 11) is 0. The van der Waals surface area contributed by atoms with E-state index in [0.29, 0.717) is 19.5 Å². The molecule has 0 saturated heterocycles. The summed E-state index contributed by atoms with van der Waals surface area (Å²) in [6.07, 6.45) is 3.33. The minimum atomic E-state index is -1.09. The fourth-order valence-electron chi connectivity index (χ4n) is 4.16. The summed E-state index contributed by atoms with van der Waals surface area (Å²) in [5.41, 5.74) is 7.26. The summed E-state index contributed by atoms with van der Waals surface area (Å²) in [5.74, 6) is -1.32. The highest BCUT2D eigenvalue weighted by Crippen LogP contribution is 2.27. The van der Waals surface area contributed by atoms with Gasteiger partial charge in [0.2, 0.25) is 17.7 Å². The van der Waals surface area contributed by atoms with E-state index in [-0.39, 0.29) is 18.7 Å². The van der Waals surface area contributed by atoms with Crippen LogP contribution in [0.15, 0.2) is 18.2 Å². The van der Waals surface area contributed by atoms with Gasteiger partial charge in [-0.3, -0.25) is 14.4 Å². The lowest BCUT2D eigenvalue weighted by Crippen LogP contribution is -2.53. The third-order valence-electron chi connectivity index (χ3n) is 6.06. The van der Waals surface area contributed by atoms with Crippen LogP contribution in [0.2, 0.25) is 0 Å². The zero-order valence-corrected chi connectivity index (χ0v) is 24.3. The molecule has 4 N–H and O–H groups in total. The van der Waals surface area contributed by atoms with E-state index in [1.165, 1.54) is 4.90 Å². The second-order valence-corrected chi connectivity index (χ2v) is 10.8. The summed E-state index contributed by atoms with van der Waals surface area (Å²) in [5, 5.41) is 5.62. The number of carbonyl (C=O) groups excluding carboxylic acids is 4. The molecule has 2 unspecified atom stereocenters. The summed E-state index contributed by atoms with van der Waals surface area (Å²) in [6.45, 7) is 14.0. The number of alkyl carbamates (subject to hydrolysis) is 1. The number of ether oxygens (including phenoxy) is 1. The molecular weight excluding hydrogens is 484 g/mol. The lowest BCUT2D eigenvalue weighted by Gasteiger charge is -2.35. The molecular formula is C29H48N4O5. The van der Waals surface area contributed by atoms with Gasteiger partial charge in [0.15, 0.2) is 0 Å². The van der Waals surface area contributed by atoms with Gasteiger partial charge in [0, 0.05) is 19.5 Å². The monoisotopic (exact) mass is 532 g/mol. The summed E-state index contributed by atoms with van der Waals surface area (Å²) >= 11 is 0. The van der Waals surface area contributed by atoms with Crippen LogP contribution in [0.5, 0.6) is 0 Å². The molecule has 0 saturated carbocycles. The molecule has 1 rings (SSSR count). The van der Waals surface area contributed by atoms with Crippen molar-refractivity contribution in [3.8, 4) is 0 Å². The Labute approximate surface area is 228 Å². The predicted octanol–water partition coefficient (Wildman–Crippen LogP) is 4.44. The Morgan fingerprint density at radius 2 is 1.68 bits per heavy atom. The number of nitrogens with zero attached hydrogens (tertiary/aromatic N) is 1. The van der Waals surface area contributed by atoms with Gasteiger partial charge in [-0.2, -0.15) is 0 Å². The van der Waals surface area contributed by atoms with Crippen LogP contribution in [0.1, 0.15) is 102 Å². The minimum Gasteiger partial charge on any atom is -0.444 e. The van der Waals surface area contributed by atoms with Crippen molar-refractivity contribution in [1.82, 2.24) is 15.5 Å². The van der Waals surface area contributed by atoms with Gasteiger partial charge in [0.05, 0.1) is 0 Å². The van der Waals surface area contributed by atoms with E-state index in [1.54, 1.807) is 20.8 Å². The van der Waals surface area contributed by atoms with Crippen molar-refractivity contribution in [1.29, 1.82) is 0 Å². The van der Waals surface area contributed by atoms with E-state index in [9.17, 15) is 19.2 Å². The van der Waals surface area contributed by atoms with Gasteiger partial charge in [-0.1, -0.05) is 56.9 Å². The number of hydrogen-bond donors (Lipinski definition) is 3. The molecule has 1 aromatic rings. The first-order valence-corrected chi connectivity index (χ1v) is 13.7. The Morgan fingerprint density at radius 1 is 1.03 bits per heavy atom. The Morgan fingerprint density at radius 3 is 2.24 bits per heavy atom. The second kappa shape index (κ2) is 16.0. The zero-order chi connectivity index (χ0) is 28.9. The first-order chi connectivity index (χ1) is 17.8. The smallest absolute Gasteiger partial charge is 0.408 e. The van der Waals surface area contributed by atoms with E-state index in [4.69, 9.17) is 10.5 Å². The molecule has 0 aliphatic carbocycles. The number of hydrogen-bond acceptors (Lipinski definition) is 5. The van der Waals surface area contributed by atoms with Crippen LogP contribution in [0.25, 0.3) is 0 Å². The van der Waals surface area contributed by atoms with E-state index < -0.39 is 35.6 Å². The number of rotatable bonds is 15. The first kappa shape index (κ1) is 32.9. The van der Waals surface area contributed by atoms with Gasteiger partial charge in [-0.25, -0.2) is 4.79 Å². The molecule has 4 amide bonds. The number of amides is 4. The van der Waals surface area contributed by atoms with E-state index in [2.05, 4.69) is 17.6 Å². The average Bonchev–Trinajstić information content (AvgIpc) is 2.80. The van der Waals surface area contributed by atoms with Crippen LogP contribution in [0.3, 0.4) is 0 Å². The Hall–Kier alpha value is -3.10. The normalized spacial score (nSPS) is 12.8. The highest BCUT2D eigenvalue weighted by atomic mass is 16.6. The molecule has 0 aliphatic heterocycles. The third kappa shape index (κ3) is 11.5. The molecule has 0 fully saturated rings. The van der Waals surface area contributed by atoms with Gasteiger partial charge in [-0.15, -0.1) is 0 Å². The molecule has 2 atom stereocenters. The number of nitrogens with one attached hydrogen (secondary N) is 2. The molecule has 38 heavy (non-hydrogen) atoms. The van der Waals surface area contributed by atoms with Crippen molar-refractivity contribution >= 4 is 23.8 Å². The molecule has 9 heteroatoms. The SMILES string of the molecule is CCCCCN(C(=O)C(CCC(N)=O)NC(=O)OC(C)(C)C)C(C(=O)NCCCC)c1ccc(C)cc1C. The van der Waals surface area contributed by atoms with Crippen molar-refractivity contribution in [2.75, 3.05) is 13.1 Å². The maximum Gasteiger partial charge on any atom is 0.408 e. The lowest BCUT2D eigenvalue weighted by atomic mass is 9.95. The standard InChI is InChI=1S/C29H48N4O5/c1-8-10-12-18-33(27(36)23(15-16-24(30)34)32-28(37)38-29(5,6)7)25(26(35)31-17-11-9-2)22-14-13-20(3)19-21(22)4/h13-14,19,23,25H,8-12,15-18H2,1-7H3,(H2,30,34)(H,31,35)(H,32,37). The number of nitrogens with two attached hydrogens (primary N) is 1. The number of aryl methyl sites for hydroxylation is 2. The van der Waals surface area contributed by atoms with Crippen LogP contribution in [-0.4, -0.2) is 53.4 Å². The average molecular weight is 533 g/mol. The molecule has 0 aliphatic rings. The summed E-state index contributed by atoms with van der Waals surface area (Å²) in [6, 6.07) is 3.81. The van der Waals surface area contributed by atoms with Crippen molar-refractivity contribution in [2.24, 2.45) is 5.73 Å². The summed E-state index contributed by atoms with van der Waals surface area (Å²) < 4.78 is 5.38. The number of unbranched alkanes of at least 4 members (excludes halogenated alkanes) is 3. The van der Waals surface area contributed by atoms with Crippen LogP contribution in [-0.2, 0) is 19.1 Å². The van der Waals surface area contributed by atoms with Gasteiger partial charge < -0.3 is 26.0 Å². The first-order valence-electron chi connectivity index (χ1n) is 13.7. The summed E-state index contributed by atoms with van der Waals surface area (Å²) in [4.78, 5) is 53.5. The maximum atomic E-state index is 14.1. The number of primary amides is 1. The van der Waals surface area contributed by atoms with Gasteiger partial charge in [0.25, 0.3) is 0 Å². The van der Waals surface area contributed by atoms with Gasteiger partial charge >= 0.3 is 6.09 Å². The Kier molecular flexibility index (Phi) is 13.9. The molecule has 214 valence electrons. The molecule has 0 aromatic heterocycles. The highest BCUT2D eigenvalue weighted by molar-refractivity contribution is 5.92. The Bertz CT molecular complexity index is 941. The van der Waals surface area contributed by atoms with Crippen molar-refractivity contribution in [3.05, 3.63) is 34.9 Å². The maximum absolute atomic E-state index is 14.1. The molecule has 1 aromatic carbocycles. The van der Waals surface area contributed by atoms with Crippen LogP contribution >= 0.6 is 0 Å². The predicted molar refractivity (Wildman–Crippen MR) is 149 cm³/mol. The van der Waals surface area contributed by atoms with Crippen molar-refractivity contribution in [3.63, 3.8) is 0 Å². The van der Waals surface area contributed by atoms with Crippen LogP contribution in [0, 0.1) is 13.8 Å². The van der Waals surface area contributed by atoms with Crippen LogP contribution in [0.4, 0.5) is 4.79 Å². The third-order valence-corrected chi connectivity index (χ3v) is 6.06. The van der Waals surface area contributed by atoms with Gasteiger partial charge in [-0.05, 0) is 65.0 Å². The number of carbonyl (C=O) groups is 4. The van der Waals surface area contributed by atoms with E-state index >= 15 is 0 Å². The van der Waals surface area contributed by atoms with E-state index in [0.717, 1.165) is 42.4 Å². The molecule has 0 heterocycles. The highest BCUT2D eigenvalue weighted by Gasteiger charge is 2.36. The molecule has 9 nitrogen and oxygen atoms in total. The van der Waals surface area contributed by atoms with Crippen LogP contribution < -0.4 is 16.4 Å².